The van der Waals surface area contributed by atoms with Gasteiger partial charge >= 0.3 is 0 Å². The molecule has 3 aromatic carbocycles. The van der Waals surface area contributed by atoms with Crippen LogP contribution in [0.2, 0.25) is 10.0 Å². The number of hydrogen-bond donors (Lipinski definition) is 1. The van der Waals surface area contributed by atoms with Crippen LogP contribution in [0.3, 0.4) is 0 Å². The number of ether oxygens (including phenoxy) is 1. The second-order valence-electron chi connectivity index (χ2n) is 7.13. The van der Waals surface area contributed by atoms with Crippen molar-refractivity contribution in [3.63, 3.8) is 0 Å². The van der Waals surface area contributed by atoms with Crippen molar-refractivity contribution in [2.24, 2.45) is 4.99 Å². The van der Waals surface area contributed by atoms with E-state index in [1.54, 1.807) is 30.3 Å². The van der Waals surface area contributed by atoms with Gasteiger partial charge in [-0.05, 0) is 35.9 Å². The SMILES string of the molecule is COc1cc(/C=C2\N=C(c3ccccc3)N(c3nc4c(Cl)cc(Cl)cc4s3)C2=O)ccc1O. The average Bonchev–Trinajstić information content (AvgIpc) is 3.36. The Morgan fingerprint density at radius 2 is 1.88 bits per heavy atom. The van der Waals surface area contributed by atoms with Crippen LogP contribution in [0.15, 0.2) is 71.4 Å². The Kier molecular flexibility index (Phi) is 5.54. The first-order valence-corrected chi connectivity index (χ1v) is 11.3. The number of phenols is 1. The first-order valence-electron chi connectivity index (χ1n) is 9.77. The van der Waals surface area contributed by atoms with Gasteiger partial charge in [0.15, 0.2) is 16.6 Å². The minimum atomic E-state index is -0.331. The maximum Gasteiger partial charge on any atom is 0.284 e. The molecule has 0 bridgehead atoms. The Bertz CT molecular complexity index is 1460. The Morgan fingerprint density at radius 1 is 1.09 bits per heavy atom. The molecule has 1 amide bonds. The number of carbonyl (C=O) groups excluding carboxylic acids is 1. The molecule has 0 radical (unpaired) electrons. The molecule has 1 N–H and O–H groups in total. The summed E-state index contributed by atoms with van der Waals surface area (Å²) in [5.41, 5.74) is 2.22. The number of thiazole rings is 1. The van der Waals surface area contributed by atoms with Gasteiger partial charge < -0.3 is 9.84 Å². The van der Waals surface area contributed by atoms with Crippen LogP contribution in [0, 0.1) is 0 Å². The molecule has 1 aliphatic rings. The van der Waals surface area contributed by atoms with E-state index in [0.29, 0.717) is 37.8 Å². The average molecular weight is 496 g/mol. The molecule has 33 heavy (non-hydrogen) atoms. The van der Waals surface area contributed by atoms with Gasteiger partial charge in [0.05, 0.1) is 16.8 Å². The van der Waals surface area contributed by atoms with E-state index >= 15 is 0 Å². The number of anilines is 1. The van der Waals surface area contributed by atoms with Crippen molar-refractivity contribution in [2.45, 2.75) is 0 Å². The van der Waals surface area contributed by atoms with Crippen LogP contribution in [-0.4, -0.2) is 28.9 Å². The van der Waals surface area contributed by atoms with Crippen molar-refractivity contribution in [2.75, 3.05) is 12.0 Å². The first-order chi connectivity index (χ1) is 15.9. The number of methoxy groups -OCH3 is 1. The van der Waals surface area contributed by atoms with E-state index in [1.807, 2.05) is 30.3 Å². The number of hydrogen-bond acceptors (Lipinski definition) is 6. The molecule has 1 aliphatic heterocycles. The molecule has 0 aliphatic carbocycles. The number of halogens is 2. The number of nitrogens with zero attached hydrogens (tertiary/aromatic N) is 3. The Hall–Kier alpha value is -3.39. The maximum atomic E-state index is 13.5. The van der Waals surface area contributed by atoms with Crippen LogP contribution in [0.5, 0.6) is 11.5 Å². The summed E-state index contributed by atoms with van der Waals surface area (Å²) in [6.45, 7) is 0. The number of phenolic OH excluding ortho intramolecular Hbond substituents is 1. The van der Waals surface area contributed by atoms with E-state index in [0.717, 1.165) is 10.3 Å². The summed E-state index contributed by atoms with van der Waals surface area (Å²) in [5.74, 6) is 0.440. The summed E-state index contributed by atoms with van der Waals surface area (Å²) in [6, 6.07) is 17.6. The largest absolute Gasteiger partial charge is 0.504 e. The zero-order chi connectivity index (χ0) is 23.1. The third-order valence-electron chi connectivity index (χ3n) is 4.99. The highest BCUT2D eigenvalue weighted by molar-refractivity contribution is 7.22. The molecular weight excluding hydrogens is 481 g/mol. The third kappa shape index (κ3) is 3.95. The zero-order valence-electron chi connectivity index (χ0n) is 17.1. The van der Waals surface area contributed by atoms with Gasteiger partial charge in [0.1, 0.15) is 17.0 Å². The summed E-state index contributed by atoms with van der Waals surface area (Å²) in [5, 5.41) is 11.2. The van der Waals surface area contributed by atoms with Gasteiger partial charge in [0, 0.05) is 10.6 Å². The van der Waals surface area contributed by atoms with E-state index in [2.05, 4.69) is 9.98 Å². The maximum absolute atomic E-state index is 13.5. The predicted octanol–water partition coefficient (Wildman–Crippen LogP) is 6.15. The van der Waals surface area contributed by atoms with Crippen molar-refractivity contribution >= 4 is 67.7 Å². The van der Waals surface area contributed by atoms with Crippen molar-refractivity contribution in [1.29, 1.82) is 0 Å². The minimum Gasteiger partial charge on any atom is -0.504 e. The number of amides is 1. The summed E-state index contributed by atoms with van der Waals surface area (Å²) in [7, 11) is 1.46. The molecule has 6 nitrogen and oxygen atoms in total. The predicted molar refractivity (Wildman–Crippen MR) is 133 cm³/mol. The third-order valence-corrected chi connectivity index (χ3v) is 6.49. The van der Waals surface area contributed by atoms with Gasteiger partial charge in [-0.2, -0.15) is 0 Å². The van der Waals surface area contributed by atoms with Gasteiger partial charge in [0.25, 0.3) is 5.91 Å². The molecule has 0 atom stereocenters. The highest BCUT2D eigenvalue weighted by Gasteiger charge is 2.34. The molecule has 1 aromatic heterocycles. The number of aliphatic imine (C=N–C) groups is 1. The number of aromatic hydroxyl groups is 1. The van der Waals surface area contributed by atoms with E-state index in [-0.39, 0.29) is 17.4 Å². The van der Waals surface area contributed by atoms with Crippen LogP contribution in [0.25, 0.3) is 16.3 Å². The lowest BCUT2D eigenvalue weighted by atomic mass is 10.1. The highest BCUT2D eigenvalue weighted by Crippen LogP contribution is 2.38. The fourth-order valence-corrected chi connectivity index (χ4v) is 5.15. The number of carbonyl (C=O) groups is 1. The Labute approximate surface area is 203 Å². The smallest absolute Gasteiger partial charge is 0.284 e. The molecule has 0 saturated heterocycles. The van der Waals surface area contributed by atoms with Gasteiger partial charge in [-0.3, -0.25) is 4.79 Å². The van der Waals surface area contributed by atoms with Gasteiger partial charge in [-0.1, -0.05) is 70.9 Å². The number of aromatic nitrogens is 1. The summed E-state index contributed by atoms with van der Waals surface area (Å²) < 4.78 is 5.94. The second-order valence-corrected chi connectivity index (χ2v) is 8.99. The standard InChI is InChI=1S/C24H15Cl2N3O3S/c1-32-19-10-13(7-8-18(19)30)9-17-23(31)29(22(27-17)14-5-3-2-4-6-14)24-28-21-16(26)11-15(25)12-20(21)33-24/h2-12,30H,1H3/b17-9-. The summed E-state index contributed by atoms with van der Waals surface area (Å²) in [6.07, 6.45) is 1.64. The molecule has 164 valence electrons. The Morgan fingerprint density at radius 3 is 2.64 bits per heavy atom. The second kappa shape index (κ2) is 8.51. The lowest BCUT2D eigenvalue weighted by Gasteiger charge is -2.14. The van der Waals surface area contributed by atoms with Crippen LogP contribution >= 0.6 is 34.5 Å². The van der Waals surface area contributed by atoms with E-state index in [9.17, 15) is 9.90 Å². The monoisotopic (exact) mass is 495 g/mol. The van der Waals surface area contributed by atoms with Crippen molar-refractivity contribution in [3.8, 4) is 11.5 Å². The highest BCUT2D eigenvalue weighted by atomic mass is 35.5. The van der Waals surface area contributed by atoms with Gasteiger partial charge in [0.2, 0.25) is 0 Å². The van der Waals surface area contributed by atoms with Gasteiger partial charge in [-0.25, -0.2) is 14.9 Å². The first kappa shape index (κ1) is 21.5. The van der Waals surface area contributed by atoms with Gasteiger partial charge in [-0.15, -0.1) is 0 Å². The van der Waals surface area contributed by atoms with E-state index in [4.69, 9.17) is 27.9 Å². The molecule has 9 heteroatoms. The normalized spacial score (nSPS) is 14.9. The molecular formula is C24H15Cl2N3O3S. The number of rotatable bonds is 4. The topological polar surface area (TPSA) is 75.0 Å². The van der Waals surface area contributed by atoms with E-state index in [1.165, 1.54) is 29.4 Å². The molecule has 0 fully saturated rings. The molecule has 4 aromatic rings. The lowest BCUT2D eigenvalue weighted by Crippen LogP contribution is -2.32. The fraction of sp³-hybridized carbons (Fsp3) is 0.0417. The van der Waals surface area contributed by atoms with E-state index < -0.39 is 0 Å². The lowest BCUT2D eigenvalue weighted by molar-refractivity contribution is -0.113. The molecule has 2 heterocycles. The molecule has 0 saturated carbocycles. The molecule has 0 spiro atoms. The zero-order valence-corrected chi connectivity index (χ0v) is 19.4. The van der Waals surface area contributed by atoms with Crippen LogP contribution in [0.4, 0.5) is 5.13 Å². The van der Waals surface area contributed by atoms with Crippen LogP contribution in [-0.2, 0) is 4.79 Å². The van der Waals surface area contributed by atoms with Crippen molar-refractivity contribution in [3.05, 3.63) is 87.5 Å². The quantitative estimate of drug-likeness (QED) is 0.344. The summed E-state index contributed by atoms with van der Waals surface area (Å²) >= 11 is 13.8. The van der Waals surface area contributed by atoms with Crippen molar-refractivity contribution < 1.29 is 14.6 Å². The number of benzene rings is 3. The Balaban J connectivity index is 1.64. The molecule has 5 rings (SSSR count). The summed E-state index contributed by atoms with van der Waals surface area (Å²) in [4.78, 5) is 24.2. The van der Waals surface area contributed by atoms with Crippen molar-refractivity contribution in [1.82, 2.24) is 4.98 Å². The number of fused-ring (bicyclic) bond motifs is 1. The number of amidine groups is 1. The fourth-order valence-electron chi connectivity index (χ4n) is 3.46. The minimum absolute atomic E-state index is 0.0116. The molecule has 0 unspecified atom stereocenters. The van der Waals surface area contributed by atoms with Crippen LogP contribution < -0.4 is 9.64 Å². The van der Waals surface area contributed by atoms with Crippen LogP contribution in [0.1, 0.15) is 11.1 Å².